The first kappa shape index (κ1) is 17.1. The maximum Gasteiger partial charge on any atom is 0.323 e. The molecule has 2 saturated heterocycles. The van der Waals surface area contributed by atoms with Gasteiger partial charge in [0.15, 0.2) is 0 Å². The standard InChI is InChI=1S/C18H26N6O2/c1-22-9-7-14(20-22)16-6-3-8-24(16)18(25)19-17-11-15(21-23(17)2)13-5-4-10-26-12-13/h7,9,11,13,16H,3-6,8,10,12H2,1-2H3,(H,19,25). The molecule has 0 radical (unpaired) electrons. The number of urea groups is 1. The molecular formula is C18H26N6O2. The highest BCUT2D eigenvalue weighted by atomic mass is 16.5. The maximum atomic E-state index is 12.9. The zero-order valence-corrected chi connectivity index (χ0v) is 15.4. The highest BCUT2D eigenvalue weighted by Crippen LogP contribution is 2.32. The first-order chi connectivity index (χ1) is 12.6. The Hall–Kier alpha value is -2.35. The Kier molecular flexibility index (Phi) is 4.67. The first-order valence-electron chi connectivity index (χ1n) is 9.30. The number of nitrogens with zero attached hydrogens (tertiary/aromatic N) is 5. The van der Waals surface area contributed by atoms with Crippen molar-refractivity contribution in [2.75, 3.05) is 25.1 Å². The number of nitrogens with one attached hydrogen (secondary N) is 1. The van der Waals surface area contributed by atoms with Gasteiger partial charge in [0, 0.05) is 45.4 Å². The van der Waals surface area contributed by atoms with Crippen LogP contribution in [0.3, 0.4) is 0 Å². The van der Waals surface area contributed by atoms with Crippen molar-refractivity contribution in [1.82, 2.24) is 24.5 Å². The molecule has 1 N–H and O–H groups in total. The lowest BCUT2D eigenvalue weighted by atomic mass is 9.99. The molecule has 0 aliphatic carbocycles. The van der Waals surface area contributed by atoms with E-state index in [1.165, 1.54) is 0 Å². The zero-order valence-electron chi connectivity index (χ0n) is 15.4. The van der Waals surface area contributed by atoms with Gasteiger partial charge in [0.2, 0.25) is 0 Å². The van der Waals surface area contributed by atoms with Gasteiger partial charge in [-0.3, -0.25) is 14.7 Å². The largest absolute Gasteiger partial charge is 0.381 e. The number of aryl methyl sites for hydroxylation is 2. The highest BCUT2D eigenvalue weighted by molar-refractivity contribution is 5.89. The van der Waals surface area contributed by atoms with Crippen LogP contribution in [0.1, 0.15) is 49.0 Å². The third-order valence-corrected chi connectivity index (χ3v) is 5.30. The Morgan fingerprint density at radius 2 is 2.12 bits per heavy atom. The van der Waals surface area contributed by atoms with E-state index in [0.717, 1.165) is 56.0 Å². The van der Waals surface area contributed by atoms with Crippen LogP contribution in [-0.4, -0.2) is 50.3 Å². The number of rotatable bonds is 3. The molecule has 2 fully saturated rings. The van der Waals surface area contributed by atoms with E-state index in [0.29, 0.717) is 12.5 Å². The number of carbonyl (C=O) groups is 1. The second-order valence-corrected chi connectivity index (χ2v) is 7.19. The van der Waals surface area contributed by atoms with Crippen molar-refractivity contribution >= 4 is 11.8 Å². The summed E-state index contributed by atoms with van der Waals surface area (Å²) < 4.78 is 9.08. The molecule has 8 heteroatoms. The van der Waals surface area contributed by atoms with Crippen LogP contribution in [0.2, 0.25) is 0 Å². The minimum atomic E-state index is -0.0902. The Bertz CT molecular complexity index is 776. The first-order valence-corrected chi connectivity index (χ1v) is 9.30. The van der Waals surface area contributed by atoms with Gasteiger partial charge in [-0.2, -0.15) is 10.2 Å². The van der Waals surface area contributed by atoms with Gasteiger partial charge in [-0.15, -0.1) is 0 Å². The number of hydrogen-bond acceptors (Lipinski definition) is 4. The van der Waals surface area contributed by atoms with Crippen molar-refractivity contribution in [3.05, 3.63) is 29.7 Å². The van der Waals surface area contributed by atoms with Crippen LogP contribution in [0.25, 0.3) is 0 Å². The van der Waals surface area contributed by atoms with E-state index >= 15 is 0 Å². The molecule has 4 heterocycles. The SMILES string of the molecule is Cn1ccc(C2CCCN2C(=O)Nc2cc(C3CCCOC3)nn2C)n1. The molecular weight excluding hydrogens is 332 g/mol. The fraction of sp³-hybridized carbons (Fsp3) is 0.611. The quantitative estimate of drug-likeness (QED) is 0.914. The van der Waals surface area contributed by atoms with Crippen LogP contribution in [0, 0.1) is 0 Å². The van der Waals surface area contributed by atoms with E-state index in [2.05, 4.69) is 15.5 Å². The minimum absolute atomic E-state index is 0.0376. The number of likely N-dealkylation sites (tertiary alicyclic amines) is 1. The van der Waals surface area contributed by atoms with E-state index in [1.54, 1.807) is 9.36 Å². The molecule has 2 unspecified atom stereocenters. The van der Waals surface area contributed by atoms with Gasteiger partial charge in [0.05, 0.1) is 24.0 Å². The molecule has 2 aliphatic rings. The van der Waals surface area contributed by atoms with Crippen LogP contribution in [-0.2, 0) is 18.8 Å². The van der Waals surface area contributed by atoms with E-state index in [9.17, 15) is 4.79 Å². The average Bonchev–Trinajstić information content (AvgIpc) is 3.36. The minimum Gasteiger partial charge on any atom is -0.381 e. The molecule has 2 aliphatic heterocycles. The second kappa shape index (κ2) is 7.11. The number of carbonyl (C=O) groups excluding carboxylic acids is 1. The van der Waals surface area contributed by atoms with Crippen LogP contribution in [0.4, 0.5) is 10.6 Å². The molecule has 0 aromatic carbocycles. The monoisotopic (exact) mass is 358 g/mol. The average molecular weight is 358 g/mol. The van der Waals surface area contributed by atoms with Crippen LogP contribution < -0.4 is 5.32 Å². The van der Waals surface area contributed by atoms with Crippen LogP contribution in [0.5, 0.6) is 0 Å². The second-order valence-electron chi connectivity index (χ2n) is 7.19. The lowest BCUT2D eigenvalue weighted by Crippen LogP contribution is -2.35. The summed E-state index contributed by atoms with van der Waals surface area (Å²) in [6, 6.07) is 3.91. The maximum absolute atomic E-state index is 12.9. The topological polar surface area (TPSA) is 77.2 Å². The van der Waals surface area contributed by atoms with Crippen LogP contribution >= 0.6 is 0 Å². The Morgan fingerprint density at radius 1 is 1.23 bits per heavy atom. The molecule has 4 rings (SSSR count). The van der Waals surface area contributed by atoms with Gasteiger partial charge < -0.3 is 9.64 Å². The summed E-state index contributed by atoms with van der Waals surface area (Å²) in [6.07, 6.45) is 6.00. The summed E-state index contributed by atoms with van der Waals surface area (Å²) in [6.45, 7) is 2.28. The molecule has 2 aromatic heterocycles. The third kappa shape index (κ3) is 3.33. The summed E-state index contributed by atoms with van der Waals surface area (Å²) in [7, 11) is 3.76. The smallest absolute Gasteiger partial charge is 0.323 e. The van der Waals surface area contributed by atoms with Crippen LogP contribution in [0.15, 0.2) is 18.3 Å². The molecule has 0 bridgehead atoms. The predicted molar refractivity (Wildman–Crippen MR) is 96.9 cm³/mol. The normalized spacial score (nSPS) is 23.4. The fourth-order valence-electron chi connectivity index (χ4n) is 3.89. The highest BCUT2D eigenvalue weighted by Gasteiger charge is 2.32. The van der Waals surface area contributed by atoms with Crippen molar-refractivity contribution in [3.63, 3.8) is 0 Å². The van der Waals surface area contributed by atoms with Gasteiger partial charge >= 0.3 is 6.03 Å². The van der Waals surface area contributed by atoms with E-state index in [1.807, 2.05) is 37.3 Å². The number of hydrogen-bond donors (Lipinski definition) is 1. The number of anilines is 1. The molecule has 2 aromatic rings. The molecule has 2 amide bonds. The molecule has 26 heavy (non-hydrogen) atoms. The number of amides is 2. The predicted octanol–water partition coefficient (Wildman–Crippen LogP) is 2.42. The molecule has 0 spiro atoms. The Labute approximate surface area is 153 Å². The van der Waals surface area contributed by atoms with Crippen molar-refractivity contribution in [3.8, 4) is 0 Å². The van der Waals surface area contributed by atoms with Gasteiger partial charge in [0.25, 0.3) is 0 Å². The third-order valence-electron chi connectivity index (χ3n) is 5.30. The van der Waals surface area contributed by atoms with Gasteiger partial charge in [-0.25, -0.2) is 4.79 Å². The molecule has 8 nitrogen and oxygen atoms in total. The van der Waals surface area contributed by atoms with E-state index in [4.69, 9.17) is 4.74 Å². The number of aromatic nitrogens is 4. The summed E-state index contributed by atoms with van der Waals surface area (Å²) in [4.78, 5) is 14.7. The van der Waals surface area contributed by atoms with Crippen molar-refractivity contribution in [2.45, 2.75) is 37.6 Å². The van der Waals surface area contributed by atoms with Crippen molar-refractivity contribution in [1.29, 1.82) is 0 Å². The molecule has 0 saturated carbocycles. The molecule has 140 valence electrons. The van der Waals surface area contributed by atoms with Crippen molar-refractivity contribution < 1.29 is 9.53 Å². The summed E-state index contributed by atoms with van der Waals surface area (Å²) in [5, 5.41) is 12.1. The fourth-order valence-corrected chi connectivity index (χ4v) is 3.89. The lowest BCUT2D eigenvalue weighted by Gasteiger charge is -2.23. The van der Waals surface area contributed by atoms with Gasteiger partial charge in [-0.05, 0) is 31.7 Å². The Morgan fingerprint density at radius 3 is 2.85 bits per heavy atom. The summed E-state index contributed by atoms with van der Waals surface area (Å²) >= 11 is 0. The van der Waals surface area contributed by atoms with E-state index < -0.39 is 0 Å². The molecule has 2 atom stereocenters. The summed E-state index contributed by atoms with van der Waals surface area (Å²) in [5.74, 6) is 1.04. The zero-order chi connectivity index (χ0) is 18.1. The summed E-state index contributed by atoms with van der Waals surface area (Å²) in [5.41, 5.74) is 1.94. The van der Waals surface area contributed by atoms with E-state index in [-0.39, 0.29) is 12.1 Å². The van der Waals surface area contributed by atoms with Gasteiger partial charge in [0.1, 0.15) is 5.82 Å². The lowest BCUT2D eigenvalue weighted by molar-refractivity contribution is 0.0791. The Balaban J connectivity index is 1.46. The van der Waals surface area contributed by atoms with Crippen molar-refractivity contribution in [2.24, 2.45) is 14.1 Å². The number of ether oxygens (including phenoxy) is 1. The van der Waals surface area contributed by atoms with Gasteiger partial charge in [-0.1, -0.05) is 0 Å².